The number of aryl methyl sites for hydroxylation is 4. The lowest BCUT2D eigenvalue weighted by atomic mass is 9.67. The van der Waals surface area contributed by atoms with E-state index in [4.69, 9.17) is 0 Å². The van der Waals surface area contributed by atoms with Crippen LogP contribution in [0.3, 0.4) is 0 Å². The Bertz CT molecular complexity index is 3110. The van der Waals surface area contributed by atoms with Crippen LogP contribution in [-0.4, -0.2) is 0 Å². The van der Waals surface area contributed by atoms with E-state index in [1.54, 1.807) is 0 Å². The first-order valence-electron chi connectivity index (χ1n) is 21.5. The van der Waals surface area contributed by atoms with Crippen molar-refractivity contribution in [3.05, 3.63) is 251 Å². The molecule has 0 atom stereocenters. The summed E-state index contributed by atoms with van der Waals surface area (Å²) >= 11 is 1.93. The van der Waals surface area contributed by atoms with Gasteiger partial charge >= 0.3 is 0 Å². The van der Waals surface area contributed by atoms with Gasteiger partial charge in [-0.25, -0.2) is 0 Å². The molecule has 3 heteroatoms. The van der Waals surface area contributed by atoms with Gasteiger partial charge in [0.1, 0.15) is 0 Å². The first-order chi connectivity index (χ1) is 30.4. The van der Waals surface area contributed by atoms with Crippen molar-refractivity contribution in [3.63, 3.8) is 0 Å². The third-order valence-electron chi connectivity index (χ3n) is 12.8. The van der Waals surface area contributed by atoms with Crippen molar-refractivity contribution in [1.82, 2.24) is 0 Å². The van der Waals surface area contributed by atoms with E-state index < -0.39 is 5.41 Å². The molecule has 1 aliphatic carbocycles. The Morgan fingerprint density at radius 3 is 1.21 bits per heavy atom. The predicted octanol–water partition coefficient (Wildman–Crippen LogP) is 16.6. The molecule has 298 valence electrons. The Kier molecular flexibility index (Phi) is 9.17. The Hall–Kier alpha value is -7.20. The van der Waals surface area contributed by atoms with Gasteiger partial charge in [-0.1, -0.05) is 156 Å². The minimum Gasteiger partial charge on any atom is -0.310 e. The number of hydrogen-bond acceptors (Lipinski definition) is 3. The minimum atomic E-state index is -0.589. The van der Waals surface area contributed by atoms with Crippen LogP contribution >= 0.6 is 11.3 Å². The van der Waals surface area contributed by atoms with Gasteiger partial charge in [0.2, 0.25) is 0 Å². The highest BCUT2D eigenvalue weighted by atomic mass is 32.1. The molecular formula is C59H46N2S. The number of thiophene rings is 1. The molecule has 10 aromatic rings. The van der Waals surface area contributed by atoms with E-state index in [9.17, 15) is 0 Å². The quantitative estimate of drug-likeness (QED) is 0.151. The largest absolute Gasteiger partial charge is 0.310 e. The van der Waals surface area contributed by atoms with Gasteiger partial charge in [-0.15, -0.1) is 11.3 Å². The number of nitrogens with zero attached hydrogens (tertiary/aromatic N) is 2. The first kappa shape index (κ1) is 37.8. The summed E-state index contributed by atoms with van der Waals surface area (Å²) in [6, 6.07) is 77.0. The van der Waals surface area contributed by atoms with Crippen molar-refractivity contribution in [1.29, 1.82) is 0 Å². The number of benzene rings is 9. The summed E-state index contributed by atoms with van der Waals surface area (Å²) in [6.45, 7) is 8.60. The standard InChI is InChI=1S/C59H46N2S/c1-39-15-23-45(24-16-39)60(46-25-17-40(2)18-26-46)49-31-33-51-53-35-36-54-52-34-32-50(61(47-27-19-41(3)20-28-47)48-29-21-42(4)22-30-48)38-56(52)62-58(54)57(53)59(55(51)37-49,43-11-7-5-8-12-43)44-13-9-6-10-14-44/h5-38H,1-4H3. The van der Waals surface area contributed by atoms with Crippen molar-refractivity contribution in [2.24, 2.45) is 0 Å². The zero-order valence-corrected chi connectivity index (χ0v) is 36.2. The van der Waals surface area contributed by atoms with Gasteiger partial charge in [-0.3, -0.25) is 0 Å². The second-order valence-electron chi connectivity index (χ2n) is 16.9. The molecule has 1 aliphatic rings. The summed E-state index contributed by atoms with van der Waals surface area (Å²) in [6.07, 6.45) is 0. The zero-order valence-electron chi connectivity index (χ0n) is 35.4. The van der Waals surface area contributed by atoms with Crippen LogP contribution in [-0.2, 0) is 5.41 Å². The molecule has 0 saturated heterocycles. The van der Waals surface area contributed by atoms with Crippen LogP contribution in [0.25, 0.3) is 31.3 Å². The van der Waals surface area contributed by atoms with Crippen LogP contribution in [0.1, 0.15) is 44.5 Å². The van der Waals surface area contributed by atoms with E-state index >= 15 is 0 Å². The van der Waals surface area contributed by atoms with Gasteiger partial charge in [-0.05, 0) is 134 Å². The van der Waals surface area contributed by atoms with Crippen LogP contribution in [0, 0.1) is 27.7 Å². The van der Waals surface area contributed by atoms with E-state index in [1.807, 2.05) is 11.3 Å². The van der Waals surface area contributed by atoms with E-state index in [0.29, 0.717) is 0 Å². The molecule has 62 heavy (non-hydrogen) atoms. The molecule has 0 fully saturated rings. The molecule has 0 bridgehead atoms. The Morgan fingerprint density at radius 2 is 0.742 bits per heavy atom. The average molecular weight is 815 g/mol. The van der Waals surface area contributed by atoms with Crippen molar-refractivity contribution < 1.29 is 0 Å². The molecule has 0 radical (unpaired) electrons. The normalized spacial score (nSPS) is 12.6. The SMILES string of the molecule is Cc1ccc(N(c2ccc(C)cc2)c2ccc3c(c2)C(c2ccccc2)(c2ccccc2)c2c-3ccc3c2sc2cc(N(c4ccc(C)cc4)c4ccc(C)cc4)ccc23)cc1. The highest BCUT2D eigenvalue weighted by Crippen LogP contribution is 2.60. The molecule has 2 nitrogen and oxygen atoms in total. The molecule has 0 N–H and O–H groups in total. The fourth-order valence-electron chi connectivity index (χ4n) is 9.73. The van der Waals surface area contributed by atoms with E-state index in [2.05, 4.69) is 244 Å². The van der Waals surface area contributed by atoms with Gasteiger partial charge in [0.25, 0.3) is 0 Å². The van der Waals surface area contributed by atoms with Crippen LogP contribution in [0.4, 0.5) is 34.1 Å². The second kappa shape index (κ2) is 15.1. The Balaban J connectivity index is 1.17. The number of rotatable bonds is 8. The molecule has 1 aromatic heterocycles. The highest BCUT2D eigenvalue weighted by molar-refractivity contribution is 7.26. The third kappa shape index (κ3) is 6.15. The molecule has 9 aromatic carbocycles. The minimum absolute atomic E-state index is 0.589. The Labute approximate surface area is 368 Å². The molecule has 11 rings (SSSR count). The van der Waals surface area contributed by atoms with Gasteiger partial charge in [0.15, 0.2) is 0 Å². The second-order valence-corrected chi connectivity index (χ2v) is 17.9. The van der Waals surface area contributed by atoms with Gasteiger partial charge in [-0.2, -0.15) is 0 Å². The van der Waals surface area contributed by atoms with Gasteiger partial charge < -0.3 is 9.80 Å². The van der Waals surface area contributed by atoms with Gasteiger partial charge in [0.05, 0.1) is 5.41 Å². The van der Waals surface area contributed by atoms with Crippen molar-refractivity contribution in [2.75, 3.05) is 9.80 Å². The molecule has 1 heterocycles. The number of hydrogen-bond donors (Lipinski definition) is 0. The molecule has 0 unspecified atom stereocenters. The summed E-state index contributed by atoms with van der Waals surface area (Å²) in [5.74, 6) is 0. The van der Waals surface area contributed by atoms with Crippen molar-refractivity contribution in [2.45, 2.75) is 33.1 Å². The predicted molar refractivity (Wildman–Crippen MR) is 265 cm³/mol. The molecule has 0 saturated carbocycles. The fourth-order valence-corrected chi connectivity index (χ4v) is 11.1. The monoisotopic (exact) mass is 814 g/mol. The lowest BCUT2D eigenvalue weighted by Crippen LogP contribution is -2.29. The highest BCUT2D eigenvalue weighted by Gasteiger charge is 2.48. The third-order valence-corrected chi connectivity index (χ3v) is 14.0. The maximum atomic E-state index is 2.48. The van der Waals surface area contributed by atoms with Crippen molar-refractivity contribution in [3.8, 4) is 11.1 Å². The Morgan fingerprint density at radius 1 is 0.355 bits per heavy atom. The van der Waals surface area contributed by atoms with Gasteiger partial charge in [0, 0.05) is 54.3 Å². The van der Waals surface area contributed by atoms with Crippen LogP contribution in [0.15, 0.2) is 206 Å². The summed E-state index contributed by atoms with van der Waals surface area (Å²) in [4.78, 5) is 4.80. The van der Waals surface area contributed by atoms with Crippen LogP contribution in [0.5, 0.6) is 0 Å². The molecule has 0 amide bonds. The average Bonchev–Trinajstić information content (AvgIpc) is 3.83. The first-order valence-corrected chi connectivity index (χ1v) is 22.3. The maximum Gasteiger partial charge on any atom is 0.0728 e. The molecular weight excluding hydrogens is 769 g/mol. The van der Waals surface area contributed by atoms with Crippen molar-refractivity contribution >= 4 is 65.6 Å². The number of anilines is 6. The summed E-state index contributed by atoms with van der Waals surface area (Å²) < 4.78 is 2.60. The summed E-state index contributed by atoms with van der Waals surface area (Å²) in [7, 11) is 0. The fraction of sp³-hybridized carbons (Fsp3) is 0.0847. The van der Waals surface area contributed by atoms with E-state index in [1.165, 1.54) is 75.8 Å². The smallest absolute Gasteiger partial charge is 0.0728 e. The maximum absolute atomic E-state index is 2.48. The zero-order chi connectivity index (χ0) is 42.0. The van der Waals surface area contributed by atoms with Crippen LogP contribution in [0.2, 0.25) is 0 Å². The lowest BCUT2D eigenvalue weighted by molar-refractivity contribution is 0.776. The lowest BCUT2D eigenvalue weighted by Gasteiger charge is -2.35. The summed E-state index contributed by atoms with van der Waals surface area (Å²) in [5, 5.41) is 2.57. The van der Waals surface area contributed by atoms with E-state index in [0.717, 1.165) is 34.1 Å². The summed E-state index contributed by atoms with van der Waals surface area (Å²) in [5.41, 5.74) is 18.9. The van der Waals surface area contributed by atoms with Crippen LogP contribution < -0.4 is 9.80 Å². The topological polar surface area (TPSA) is 6.48 Å². The molecule has 0 aliphatic heterocycles. The molecule has 0 spiro atoms. The van der Waals surface area contributed by atoms with E-state index in [-0.39, 0.29) is 0 Å². The number of fused-ring (bicyclic) bond motifs is 7.